The molecule has 4 heterocycles. The van der Waals surface area contributed by atoms with Gasteiger partial charge in [0.15, 0.2) is 0 Å². The van der Waals surface area contributed by atoms with Crippen LogP contribution in [0.5, 0.6) is 0 Å². The summed E-state index contributed by atoms with van der Waals surface area (Å²) >= 11 is 0. The van der Waals surface area contributed by atoms with Crippen LogP contribution in [-0.2, 0) is 10.0 Å². The second-order valence-corrected chi connectivity index (χ2v) is 9.40. The van der Waals surface area contributed by atoms with Gasteiger partial charge in [-0.25, -0.2) is 23.2 Å². The van der Waals surface area contributed by atoms with Crippen LogP contribution in [0.25, 0.3) is 17.1 Å². The zero-order valence-corrected chi connectivity index (χ0v) is 19.4. The summed E-state index contributed by atoms with van der Waals surface area (Å²) in [4.78, 5) is 19.5. The molecular weight excluding hydrogens is 470 g/mol. The van der Waals surface area contributed by atoms with Gasteiger partial charge in [-0.05, 0) is 42.5 Å². The number of hydrogen-bond acceptors (Lipinski definition) is 8. The minimum atomic E-state index is -4.21. The number of hydrogen-bond donors (Lipinski definition) is 4. The number of nitrogens with one attached hydrogen (secondary N) is 3. The van der Waals surface area contributed by atoms with E-state index in [1.807, 2.05) is 24.3 Å². The number of anilines is 2. The van der Waals surface area contributed by atoms with E-state index in [1.165, 1.54) is 16.9 Å². The predicted octanol–water partition coefficient (Wildman–Crippen LogP) is 0.967. The highest BCUT2D eigenvalue weighted by Crippen LogP contribution is 2.24. The van der Waals surface area contributed by atoms with E-state index in [0.29, 0.717) is 17.1 Å². The molecule has 1 fully saturated rings. The van der Waals surface area contributed by atoms with Crippen molar-refractivity contribution in [3.8, 4) is 17.1 Å². The summed E-state index contributed by atoms with van der Waals surface area (Å²) < 4.78 is 25.8. The maximum absolute atomic E-state index is 12.9. The Morgan fingerprint density at radius 2 is 1.77 bits per heavy atom. The number of primary sulfonamides is 1. The number of amides is 1. The average Bonchev–Trinajstić information content (AvgIpc) is 3.55. The van der Waals surface area contributed by atoms with Gasteiger partial charge in [-0.2, -0.15) is 10.2 Å². The molecule has 5 N–H and O–H groups in total. The maximum Gasteiger partial charge on any atom is 0.274 e. The Morgan fingerprint density at radius 1 is 1.03 bits per heavy atom. The molecule has 180 valence electrons. The predicted molar refractivity (Wildman–Crippen MR) is 130 cm³/mol. The summed E-state index contributed by atoms with van der Waals surface area (Å²) in [6, 6.07) is 14.2. The number of aromatic nitrogens is 5. The molecule has 0 atom stereocenters. The number of pyridine rings is 1. The second kappa shape index (κ2) is 9.29. The fraction of sp³-hybridized carbons (Fsp3) is 0.182. The Bertz CT molecular complexity index is 1440. The summed E-state index contributed by atoms with van der Waals surface area (Å²) in [7, 11) is -4.21. The van der Waals surface area contributed by atoms with Crippen molar-refractivity contribution in [1.82, 2.24) is 30.3 Å². The lowest BCUT2D eigenvalue weighted by Crippen LogP contribution is -2.43. The molecule has 3 aromatic heterocycles. The molecule has 0 spiro atoms. The van der Waals surface area contributed by atoms with Crippen LogP contribution in [0.15, 0.2) is 66.0 Å². The maximum atomic E-state index is 12.9. The molecule has 35 heavy (non-hydrogen) atoms. The molecule has 0 aliphatic carbocycles. The van der Waals surface area contributed by atoms with Crippen molar-refractivity contribution in [2.24, 2.45) is 5.14 Å². The Kier molecular flexibility index (Phi) is 6.03. The molecule has 0 saturated carbocycles. The van der Waals surface area contributed by atoms with E-state index < -0.39 is 21.0 Å². The number of carbonyl (C=O) groups excluding carboxylic acids is 1. The van der Waals surface area contributed by atoms with Gasteiger partial charge in [0.25, 0.3) is 15.9 Å². The molecule has 0 bridgehead atoms. The molecular formula is C22H23N9O3S. The van der Waals surface area contributed by atoms with Crippen molar-refractivity contribution in [3.63, 3.8) is 0 Å². The first-order chi connectivity index (χ1) is 16.9. The third kappa shape index (κ3) is 4.91. The van der Waals surface area contributed by atoms with E-state index in [4.69, 9.17) is 5.14 Å². The number of carbonyl (C=O) groups is 1. The molecule has 13 heteroatoms. The van der Waals surface area contributed by atoms with Gasteiger partial charge in [0, 0.05) is 38.1 Å². The number of nitrogens with two attached hydrogens (primary N) is 1. The van der Waals surface area contributed by atoms with Gasteiger partial charge < -0.3 is 15.5 Å². The zero-order valence-electron chi connectivity index (χ0n) is 18.5. The van der Waals surface area contributed by atoms with Crippen LogP contribution >= 0.6 is 0 Å². The third-order valence-electron chi connectivity index (χ3n) is 5.55. The quantitative estimate of drug-likeness (QED) is 0.309. The summed E-state index contributed by atoms with van der Waals surface area (Å²) in [5, 5.41) is 21.6. The number of piperazine rings is 1. The Labute approximate surface area is 201 Å². The number of nitrogens with zero attached hydrogens (tertiary/aromatic N) is 5. The Balaban J connectivity index is 1.41. The van der Waals surface area contributed by atoms with Gasteiger partial charge >= 0.3 is 0 Å². The van der Waals surface area contributed by atoms with Crippen LogP contribution in [0.2, 0.25) is 0 Å². The van der Waals surface area contributed by atoms with Crippen LogP contribution in [0.1, 0.15) is 10.5 Å². The van der Waals surface area contributed by atoms with Gasteiger partial charge in [-0.15, -0.1) is 0 Å². The van der Waals surface area contributed by atoms with Crippen molar-refractivity contribution >= 4 is 27.3 Å². The minimum Gasteiger partial charge on any atom is -0.369 e. The van der Waals surface area contributed by atoms with Crippen molar-refractivity contribution < 1.29 is 13.2 Å². The Hall–Kier alpha value is -4.07. The fourth-order valence-electron chi connectivity index (χ4n) is 3.82. The van der Waals surface area contributed by atoms with Gasteiger partial charge in [0.05, 0.1) is 23.3 Å². The monoisotopic (exact) mass is 493 g/mol. The largest absolute Gasteiger partial charge is 0.369 e. The topological polar surface area (TPSA) is 164 Å². The summed E-state index contributed by atoms with van der Waals surface area (Å²) in [6.45, 7) is 3.65. The minimum absolute atomic E-state index is 0.0441. The first-order valence-corrected chi connectivity index (χ1v) is 12.4. The number of sulfonamides is 1. The van der Waals surface area contributed by atoms with Crippen molar-refractivity contribution in [1.29, 1.82) is 0 Å². The van der Waals surface area contributed by atoms with E-state index in [2.05, 4.69) is 35.8 Å². The lowest BCUT2D eigenvalue weighted by atomic mass is 10.2. The SMILES string of the molecule is NS(=O)(=O)c1nn(-c2ccc(N3CCNCC3)cc2)cc1NC(=O)c1cccc(-c2ccn[nH]2)n1. The molecule has 5 rings (SSSR count). The van der Waals surface area contributed by atoms with Gasteiger partial charge in [-0.1, -0.05) is 6.07 Å². The highest BCUT2D eigenvalue weighted by atomic mass is 32.2. The lowest BCUT2D eigenvalue weighted by Gasteiger charge is -2.29. The van der Waals surface area contributed by atoms with Crippen molar-refractivity contribution in [3.05, 3.63) is 66.6 Å². The van der Waals surface area contributed by atoms with Crippen LogP contribution in [0.4, 0.5) is 11.4 Å². The smallest absolute Gasteiger partial charge is 0.274 e. The van der Waals surface area contributed by atoms with Gasteiger partial charge in [0.2, 0.25) is 5.03 Å². The molecule has 0 radical (unpaired) electrons. The fourth-order valence-corrected chi connectivity index (χ4v) is 4.43. The molecule has 4 aromatic rings. The van der Waals surface area contributed by atoms with E-state index in [-0.39, 0.29) is 11.4 Å². The molecule has 0 unspecified atom stereocenters. The standard InChI is InChI=1S/C22H23N9O3S/c23-35(33,34)22-20(27-21(32)19-3-1-2-17(26-19)18-8-9-25-28-18)14-31(29-22)16-6-4-15(5-7-16)30-12-10-24-11-13-30/h1-9,14,24H,10-13H2,(H,25,28)(H,27,32)(H2,23,33,34). The molecule has 1 saturated heterocycles. The number of benzene rings is 1. The zero-order chi connectivity index (χ0) is 24.4. The normalized spacial score (nSPS) is 14.1. The summed E-state index contributed by atoms with van der Waals surface area (Å²) in [6.07, 6.45) is 2.99. The van der Waals surface area contributed by atoms with E-state index in [9.17, 15) is 13.2 Å². The van der Waals surface area contributed by atoms with Crippen molar-refractivity contribution in [2.45, 2.75) is 5.03 Å². The van der Waals surface area contributed by atoms with Crippen LogP contribution < -0.4 is 20.7 Å². The first kappa shape index (κ1) is 22.7. The molecule has 1 aromatic carbocycles. The van der Waals surface area contributed by atoms with E-state index in [1.54, 1.807) is 24.4 Å². The number of aromatic amines is 1. The second-order valence-electron chi connectivity index (χ2n) is 7.92. The average molecular weight is 494 g/mol. The van der Waals surface area contributed by atoms with Gasteiger partial charge in [0.1, 0.15) is 11.4 Å². The highest BCUT2D eigenvalue weighted by Gasteiger charge is 2.23. The Morgan fingerprint density at radius 3 is 2.46 bits per heavy atom. The summed E-state index contributed by atoms with van der Waals surface area (Å²) in [5.41, 5.74) is 2.88. The van der Waals surface area contributed by atoms with Crippen LogP contribution in [0, 0.1) is 0 Å². The van der Waals surface area contributed by atoms with Crippen LogP contribution in [-0.4, -0.2) is 65.5 Å². The number of rotatable bonds is 6. The van der Waals surface area contributed by atoms with Crippen molar-refractivity contribution in [2.75, 3.05) is 36.4 Å². The first-order valence-electron chi connectivity index (χ1n) is 10.9. The molecule has 1 amide bonds. The number of H-pyrrole nitrogens is 1. The molecule has 1 aliphatic rings. The van der Waals surface area contributed by atoms with Crippen LogP contribution in [0.3, 0.4) is 0 Å². The molecule has 12 nitrogen and oxygen atoms in total. The highest BCUT2D eigenvalue weighted by molar-refractivity contribution is 7.89. The molecule has 1 aliphatic heterocycles. The lowest BCUT2D eigenvalue weighted by molar-refractivity contribution is 0.102. The summed E-state index contributed by atoms with van der Waals surface area (Å²) in [5.74, 6) is -0.607. The van der Waals surface area contributed by atoms with E-state index >= 15 is 0 Å². The van der Waals surface area contributed by atoms with E-state index in [0.717, 1.165) is 31.9 Å². The van der Waals surface area contributed by atoms with Gasteiger partial charge in [-0.3, -0.25) is 9.89 Å². The third-order valence-corrected chi connectivity index (χ3v) is 6.39.